The molecule has 2 aromatic carbocycles. The number of thioether (sulfide) groups is 1. The minimum atomic E-state index is 0.0108. The van der Waals surface area contributed by atoms with Crippen LogP contribution in [0.5, 0.6) is 5.75 Å². The Bertz CT molecular complexity index is 832. The quantitative estimate of drug-likeness (QED) is 0.445. The van der Waals surface area contributed by atoms with Gasteiger partial charge in [-0.2, -0.15) is 0 Å². The van der Waals surface area contributed by atoms with Crippen molar-refractivity contribution in [2.24, 2.45) is 0 Å². The van der Waals surface area contributed by atoms with Gasteiger partial charge in [0.05, 0.1) is 12.9 Å². The number of ketones is 1. The molecule has 0 atom stereocenters. The van der Waals surface area contributed by atoms with E-state index in [0.29, 0.717) is 16.7 Å². The zero-order chi connectivity index (χ0) is 16.9. The Morgan fingerprint density at radius 1 is 1.12 bits per heavy atom. The first-order chi connectivity index (χ1) is 11.7. The molecule has 0 aliphatic heterocycles. The van der Waals surface area contributed by atoms with Crippen LogP contribution in [0.4, 0.5) is 0 Å². The van der Waals surface area contributed by atoms with Crippen molar-refractivity contribution in [2.45, 2.75) is 5.22 Å². The van der Waals surface area contributed by atoms with Crippen LogP contribution in [0.25, 0.3) is 11.5 Å². The first-order valence-corrected chi connectivity index (χ1v) is 8.83. The Morgan fingerprint density at radius 2 is 1.83 bits per heavy atom. The molecule has 0 N–H and O–H groups in total. The zero-order valence-electron chi connectivity index (χ0n) is 12.7. The molecule has 0 aliphatic carbocycles. The van der Waals surface area contributed by atoms with E-state index in [1.807, 2.05) is 36.4 Å². The number of hydrogen-bond donors (Lipinski definition) is 0. The molecule has 1 aromatic heterocycles. The summed E-state index contributed by atoms with van der Waals surface area (Å²) in [6.07, 6.45) is 0. The maximum Gasteiger partial charge on any atom is 0.277 e. The summed E-state index contributed by atoms with van der Waals surface area (Å²) in [4.78, 5) is 12.1. The Kier molecular flexibility index (Phi) is 5.32. The van der Waals surface area contributed by atoms with Crippen LogP contribution >= 0.6 is 27.7 Å². The summed E-state index contributed by atoms with van der Waals surface area (Å²) >= 11 is 4.57. The van der Waals surface area contributed by atoms with Crippen LogP contribution in [0.3, 0.4) is 0 Å². The molecule has 0 bridgehead atoms. The van der Waals surface area contributed by atoms with Gasteiger partial charge in [-0.25, -0.2) is 0 Å². The molecule has 122 valence electrons. The number of aromatic nitrogens is 2. The summed E-state index contributed by atoms with van der Waals surface area (Å²) in [5, 5.41) is 8.35. The fourth-order valence-corrected chi connectivity index (χ4v) is 2.89. The molecule has 24 heavy (non-hydrogen) atoms. The summed E-state index contributed by atoms with van der Waals surface area (Å²) in [6, 6.07) is 14.6. The van der Waals surface area contributed by atoms with E-state index in [0.717, 1.165) is 15.8 Å². The van der Waals surface area contributed by atoms with Gasteiger partial charge in [-0.05, 0) is 36.4 Å². The van der Waals surface area contributed by atoms with Crippen LogP contribution in [0.2, 0.25) is 0 Å². The monoisotopic (exact) mass is 404 g/mol. The maximum absolute atomic E-state index is 12.1. The molecule has 0 spiro atoms. The highest BCUT2D eigenvalue weighted by Crippen LogP contribution is 2.25. The number of rotatable bonds is 6. The van der Waals surface area contributed by atoms with E-state index in [-0.39, 0.29) is 11.5 Å². The van der Waals surface area contributed by atoms with Gasteiger partial charge in [-0.15, -0.1) is 10.2 Å². The summed E-state index contributed by atoms with van der Waals surface area (Å²) < 4.78 is 11.6. The van der Waals surface area contributed by atoms with Crippen molar-refractivity contribution >= 4 is 33.5 Å². The molecular formula is C17H13BrN2O3S. The maximum atomic E-state index is 12.1. The Morgan fingerprint density at radius 3 is 2.50 bits per heavy atom. The van der Waals surface area contributed by atoms with E-state index in [4.69, 9.17) is 9.15 Å². The number of benzene rings is 2. The predicted molar refractivity (Wildman–Crippen MR) is 95.5 cm³/mol. The molecule has 0 radical (unpaired) electrons. The molecule has 0 amide bonds. The molecule has 5 nitrogen and oxygen atoms in total. The van der Waals surface area contributed by atoms with Gasteiger partial charge in [-0.3, -0.25) is 4.79 Å². The van der Waals surface area contributed by atoms with Gasteiger partial charge < -0.3 is 9.15 Å². The van der Waals surface area contributed by atoms with Gasteiger partial charge >= 0.3 is 0 Å². The third-order valence-electron chi connectivity index (χ3n) is 3.24. The fourth-order valence-electron chi connectivity index (χ4n) is 1.96. The predicted octanol–water partition coefficient (Wildman–Crippen LogP) is 4.48. The van der Waals surface area contributed by atoms with Crippen LogP contribution < -0.4 is 4.74 Å². The average molecular weight is 405 g/mol. The number of carbonyl (C=O) groups is 1. The third kappa shape index (κ3) is 4.04. The van der Waals surface area contributed by atoms with Crippen molar-refractivity contribution in [3.63, 3.8) is 0 Å². The molecule has 0 saturated heterocycles. The molecule has 0 aliphatic rings. The van der Waals surface area contributed by atoms with Crippen molar-refractivity contribution in [1.29, 1.82) is 0 Å². The van der Waals surface area contributed by atoms with E-state index in [1.54, 1.807) is 19.2 Å². The lowest BCUT2D eigenvalue weighted by atomic mass is 10.2. The lowest BCUT2D eigenvalue weighted by Crippen LogP contribution is -2.01. The molecule has 3 rings (SSSR count). The van der Waals surface area contributed by atoms with Gasteiger partial charge in [0, 0.05) is 15.6 Å². The highest BCUT2D eigenvalue weighted by Gasteiger charge is 2.12. The number of nitrogens with zero attached hydrogens (tertiary/aromatic N) is 2. The second-order valence-corrected chi connectivity index (χ2v) is 6.66. The number of methoxy groups -OCH3 is 1. The largest absolute Gasteiger partial charge is 0.497 e. The number of hydrogen-bond acceptors (Lipinski definition) is 6. The fraction of sp³-hybridized carbons (Fsp3) is 0.118. The topological polar surface area (TPSA) is 65.2 Å². The number of ether oxygens (including phenoxy) is 1. The summed E-state index contributed by atoms with van der Waals surface area (Å²) in [6.45, 7) is 0. The number of halogens is 1. The molecule has 0 unspecified atom stereocenters. The van der Waals surface area contributed by atoms with E-state index >= 15 is 0 Å². The second kappa shape index (κ2) is 7.63. The molecule has 1 heterocycles. The van der Waals surface area contributed by atoms with Crippen molar-refractivity contribution in [1.82, 2.24) is 10.2 Å². The highest BCUT2D eigenvalue weighted by atomic mass is 79.9. The Hall–Kier alpha value is -2.12. The smallest absolute Gasteiger partial charge is 0.277 e. The Balaban J connectivity index is 1.63. The molecule has 0 saturated carbocycles. The second-order valence-electron chi connectivity index (χ2n) is 4.82. The zero-order valence-corrected chi connectivity index (χ0v) is 15.1. The van der Waals surface area contributed by atoms with E-state index < -0.39 is 0 Å². The molecule has 3 aromatic rings. The van der Waals surface area contributed by atoms with Crippen LogP contribution in [0, 0.1) is 0 Å². The van der Waals surface area contributed by atoms with Crippen molar-refractivity contribution in [2.75, 3.05) is 12.9 Å². The van der Waals surface area contributed by atoms with E-state index in [9.17, 15) is 4.79 Å². The van der Waals surface area contributed by atoms with Crippen molar-refractivity contribution < 1.29 is 13.9 Å². The molecule has 7 heteroatoms. The normalized spacial score (nSPS) is 10.6. The van der Waals surface area contributed by atoms with Crippen molar-refractivity contribution in [3.05, 3.63) is 58.6 Å². The van der Waals surface area contributed by atoms with Crippen LogP contribution in [0.15, 0.2) is 62.6 Å². The van der Waals surface area contributed by atoms with Crippen LogP contribution in [-0.4, -0.2) is 28.8 Å². The van der Waals surface area contributed by atoms with Gasteiger partial charge in [0.2, 0.25) is 5.89 Å². The van der Waals surface area contributed by atoms with Gasteiger partial charge in [0.1, 0.15) is 5.75 Å². The van der Waals surface area contributed by atoms with Crippen molar-refractivity contribution in [3.8, 4) is 17.2 Å². The van der Waals surface area contributed by atoms with Crippen LogP contribution in [-0.2, 0) is 0 Å². The molecule has 0 fully saturated rings. The summed E-state index contributed by atoms with van der Waals surface area (Å²) in [5.41, 5.74) is 1.45. The summed E-state index contributed by atoms with van der Waals surface area (Å²) in [5.74, 6) is 1.42. The minimum Gasteiger partial charge on any atom is -0.497 e. The standard InChI is InChI=1S/C17H13BrN2O3S/c1-22-14-8-4-12(5-9-14)16-19-20-17(23-16)24-10-15(21)11-2-6-13(18)7-3-11/h2-9H,10H2,1H3. The lowest BCUT2D eigenvalue weighted by molar-refractivity contribution is 0.102. The first-order valence-electron chi connectivity index (χ1n) is 7.05. The van der Waals surface area contributed by atoms with Crippen LogP contribution in [0.1, 0.15) is 10.4 Å². The van der Waals surface area contributed by atoms with E-state index in [1.165, 1.54) is 11.8 Å². The number of Topliss-reactive ketones (excluding diaryl/α,β-unsaturated/α-hetero) is 1. The SMILES string of the molecule is COc1ccc(-c2nnc(SCC(=O)c3ccc(Br)cc3)o2)cc1. The first kappa shape index (κ1) is 16.7. The lowest BCUT2D eigenvalue weighted by Gasteiger charge is -2.00. The molecular weight excluding hydrogens is 392 g/mol. The third-order valence-corrected chi connectivity index (χ3v) is 4.58. The van der Waals surface area contributed by atoms with E-state index in [2.05, 4.69) is 26.1 Å². The minimum absolute atomic E-state index is 0.0108. The number of carbonyl (C=O) groups excluding carboxylic acids is 1. The highest BCUT2D eigenvalue weighted by molar-refractivity contribution is 9.10. The van der Waals surface area contributed by atoms with Gasteiger partial charge in [0.25, 0.3) is 5.22 Å². The van der Waals surface area contributed by atoms with Gasteiger partial charge in [-0.1, -0.05) is 39.8 Å². The Labute approximate surface area is 151 Å². The average Bonchev–Trinajstić information content (AvgIpc) is 3.09. The summed E-state index contributed by atoms with van der Waals surface area (Å²) in [7, 11) is 1.61. The van der Waals surface area contributed by atoms with Gasteiger partial charge in [0.15, 0.2) is 5.78 Å².